The van der Waals surface area contributed by atoms with Crippen molar-refractivity contribution in [2.24, 2.45) is 5.92 Å². The zero-order chi connectivity index (χ0) is 24.9. The van der Waals surface area contributed by atoms with Gasteiger partial charge in [-0.2, -0.15) is 5.10 Å². The van der Waals surface area contributed by atoms with Crippen molar-refractivity contribution in [2.45, 2.75) is 43.8 Å². The molecule has 3 heterocycles. The molecule has 0 radical (unpaired) electrons. The second-order valence-corrected chi connectivity index (χ2v) is 10.5. The molecule has 188 valence electrons. The van der Waals surface area contributed by atoms with Gasteiger partial charge in [0.05, 0.1) is 42.5 Å². The Morgan fingerprint density at radius 3 is 2.49 bits per heavy atom. The highest BCUT2D eigenvalue weighted by molar-refractivity contribution is 6.01. The fourth-order valence-electron chi connectivity index (χ4n) is 6.05. The van der Waals surface area contributed by atoms with E-state index in [0.29, 0.717) is 23.2 Å². The Bertz CT molecular complexity index is 1450. The van der Waals surface area contributed by atoms with Crippen molar-refractivity contribution >= 4 is 22.5 Å². The molecule has 1 aromatic heterocycles. The topological polar surface area (TPSA) is 70.2 Å². The van der Waals surface area contributed by atoms with Crippen molar-refractivity contribution in [3.05, 3.63) is 83.7 Å². The maximum absolute atomic E-state index is 14.5. The second-order valence-electron chi connectivity index (χ2n) is 10.5. The molecule has 2 bridgehead atoms. The van der Waals surface area contributed by atoms with E-state index in [2.05, 4.69) is 44.7 Å². The van der Waals surface area contributed by atoms with Gasteiger partial charge < -0.3 is 15.0 Å². The van der Waals surface area contributed by atoms with Gasteiger partial charge >= 0.3 is 0 Å². The number of ether oxygens (including phenoxy) is 1. The Hall–Kier alpha value is -3.71. The number of halogens is 1. The number of nitrogens with zero attached hydrogens (tertiary/aromatic N) is 2. The molecule has 2 N–H and O–H groups in total. The molecule has 1 aliphatic carbocycles. The summed E-state index contributed by atoms with van der Waals surface area (Å²) in [7, 11) is 0. The summed E-state index contributed by atoms with van der Waals surface area (Å²) in [6.07, 6.45) is 4.35. The van der Waals surface area contributed by atoms with Gasteiger partial charge in [0.2, 0.25) is 0 Å². The highest BCUT2D eigenvalue weighted by atomic mass is 19.1. The molecule has 3 fully saturated rings. The van der Waals surface area contributed by atoms with E-state index in [-0.39, 0.29) is 23.7 Å². The van der Waals surface area contributed by atoms with Gasteiger partial charge in [-0.1, -0.05) is 30.3 Å². The minimum atomic E-state index is -0.323. The largest absolute Gasteiger partial charge is 0.377 e. The summed E-state index contributed by atoms with van der Waals surface area (Å²) in [5.74, 6) is -0.206. The highest BCUT2D eigenvalue weighted by Gasteiger charge is 2.37. The Labute approximate surface area is 214 Å². The lowest BCUT2D eigenvalue weighted by atomic mass is 10.0. The van der Waals surface area contributed by atoms with Gasteiger partial charge in [0, 0.05) is 27.8 Å². The monoisotopic (exact) mass is 496 g/mol. The molecule has 0 unspecified atom stereocenters. The number of carbonyl (C=O) groups is 1. The molecule has 37 heavy (non-hydrogen) atoms. The van der Waals surface area contributed by atoms with E-state index in [9.17, 15) is 9.18 Å². The smallest absolute Gasteiger partial charge is 0.251 e. The Morgan fingerprint density at radius 2 is 1.76 bits per heavy atom. The van der Waals surface area contributed by atoms with Crippen LogP contribution in [0.1, 0.15) is 47.6 Å². The van der Waals surface area contributed by atoms with Gasteiger partial charge in [-0.3, -0.25) is 9.89 Å². The van der Waals surface area contributed by atoms with E-state index in [4.69, 9.17) is 4.74 Å². The van der Waals surface area contributed by atoms with Crippen LogP contribution < -0.4 is 10.2 Å². The molecular formula is C30H29FN4O2. The molecule has 2 aliphatic heterocycles. The zero-order valence-corrected chi connectivity index (χ0v) is 20.5. The zero-order valence-electron chi connectivity index (χ0n) is 20.5. The van der Waals surface area contributed by atoms with Crippen molar-refractivity contribution < 1.29 is 13.9 Å². The molecule has 3 atom stereocenters. The summed E-state index contributed by atoms with van der Waals surface area (Å²) >= 11 is 0. The SMILES string of the molecule is O=C(N[C@H](c1ccccc1F)C1CC1)c1ccc2[nH]nc(-c3ccc(N4[C@@H]5CC[C@H]4COC5)cc3)c2c1. The number of aromatic nitrogens is 2. The number of anilines is 1. The third-order valence-corrected chi connectivity index (χ3v) is 8.12. The predicted molar refractivity (Wildman–Crippen MR) is 141 cm³/mol. The van der Waals surface area contributed by atoms with E-state index < -0.39 is 0 Å². The van der Waals surface area contributed by atoms with Crippen molar-refractivity contribution in [3.63, 3.8) is 0 Å². The average molecular weight is 497 g/mol. The summed E-state index contributed by atoms with van der Waals surface area (Å²) in [4.78, 5) is 15.8. The fraction of sp³-hybridized carbons (Fsp3) is 0.333. The van der Waals surface area contributed by atoms with Crippen LogP contribution in [0.3, 0.4) is 0 Å². The highest BCUT2D eigenvalue weighted by Crippen LogP contribution is 2.42. The number of rotatable bonds is 6. The molecule has 0 spiro atoms. The third-order valence-electron chi connectivity index (χ3n) is 8.12. The summed E-state index contributed by atoms with van der Waals surface area (Å²) in [6, 6.07) is 21.4. The van der Waals surface area contributed by atoms with Gasteiger partial charge in [-0.05, 0) is 68.0 Å². The lowest BCUT2D eigenvalue weighted by Gasteiger charge is -2.36. The first-order valence-corrected chi connectivity index (χ1v) is 13.2. The number of carbonyl (C=O) groups excluding carboxylic acids is 1. The molecule has 3 aliphatic rings. The van der Waals surface area contributed by atoms with Crippen molar-refractivity contribution in [1.82, 2.24) is 15.5 Å². The van der Waals surface area contributed by atoms with E-state index >= 15 is 0 Å². The first-order chi connectivity index (χ1) is 18.2. The van der Waals surface area contributed by atoms with E-state index in [1.54, 1.807) is 18.2 Å². The van der Waals surface area contributed by atoms with Crippen molar-refractivity contribution in [1.29, 1.82) is 0 Å². The first kappa shape index (κ1) is 22.5. The number of H-pyrrole nitrogens is 1. The van der Waals surface area contributed by atoms with Crippen LogP contribution in [0.4, 0.5) is 10.1 Å². The molecule has 7 heteroatoms. The molecule has 3 aromatic carbocycles. The van der Waals surface area contributed by atoms with E-state index in [1.165, 1.54) is 24.6 Å². The van der Waals surface area contributed by atoms with Gasteiger partial charge in [0.1, 0.15) is 5.82 Å². The van der Waals surface area contributed by atoms with Gasteiger partial charge in [0.15, 0.2) is 0 Å². The molecule has 1 saturated carbocycles. The minimum Gasteiger partial charge on any atom is -0.377 e. The molecule has 7 rings (SSSR count). The van der Waals surface area contributed by atoms with Crippen LogP contribution in [0, 0.1) is 11.7 Å². The number of nitrogens with one attached hydrogen (secondary N) is 2. The summed E-state index contributed by atoms with van der Waals surface area (Å²) in [6.45, 7) is 1.59. The number of morpholine rings is 1. The Balaban J connectivity index is 1.15. The maximum atomic E-state index is 14.5. The summed E-state index contributed by atoms with van der Waals surface area (Å²) in [5, 5.41) is 11.7. The van der Waals surface area contributed by atoms with Crippen LogP contribution in [-0.4, -0.2) is 41.4 Å². The lowest BCUT2D eigenvalue weighted by molar-refractivity contribution is 0.0906. The molecule has 2 saturated heterocycles. The second kappa shape index (κ2) is 8.99. The van der Waals surface area contributed by atoms with E-state index in [0.717, 1.165) is 48.2 Å². The lowest BCUT2D eigenvalue weighted by Crippen LogP contribution is -2.45. The number of hydrogen-bond acceptors (Lipinski definition) is 4. The van der Waals surface area contributed by atoms with Gasteiger partial charge in [0.25, 0.3) is 5.91 Å². The third kappa shape index (κ3) is 4.07. The van der Waals surface area contributed by atoms with Gasteiger partial charge in [-0.15, -0.1) is 0 Å². The van der Waals surface area contributed by atoms with E-state index in [1.807, 2.05) is 18.2 Å². The Kier molecular flexibility index (Phi) is 5.47. The summed E-state index contributed by atoms with van der Waals surface area (Å²) in [5.41, 5.74) is 4.99. The molecule has 1 amide bonds. The minimum absolute atomic E-state index is 0.202. The van der Waals surface area contributed by atoms with Gasteiger partial charge in [-0.25, -0.2) is 4.39 Å². The predicted octanol–water partition coefficient (Wildman–Crippen LogP) is 5.62. The van der Waals surface area contributed by atoms with Crippen LogP contribution >= 0.6 is 0 Å². The average Bonchev–Trinajstić information content (AvgIpc) is 3.63. The maximum Gasteiger partial charge on any atom is 0.251 e. The van der Waals surface area contributed by atoms with Crippen LogP contribution in [0.25, 0.3) is 22.2 Å². The standard InChI is InChI=1S/C30H29FN4O2/c31-26-4-2-1-3-24(26)28(18-5-6-18)32-30(36)20-9-14-27-25(15-20)29(34-33-27)19-7-10-21(11-8-19)35-22-12-13-23(35)17-37-16-22/h1-4,7-11,14-15,18,22-23,28H,5-6,12-13,16-17H2,(H,32,36)(H,33,34)/t22-,23+,28-/m0/s1. The van der Waals surface area contributed by atoms with Crippen LogP contribution in [0.15, 0.2) is 66.7 Å². The van der Waals surface area contributed by atoms with Crippen LogP contribution in [0.2, 0.25) is 0 Å². The van der Waals surface area contributed by atoms with Crippen LogP contribution in [0.5, 0.6) is 0 Å². The molecule has 4 aromatic rings. The van der Waals surface area contributed by atoms with Crippen molar-refractivity contribution in [2.75, 3.05) is 18.1 Å². The molecular weight excluding hydrogens is 467 g/mol. The molecule has 6 nitrogen and oxygen atoms in total. The first-order valence-electron chi connectivity index (χ1n) is 13.2. The summed E-state index contributed by atoms with van der Waals surface area (Å²) < 4.78 is 20.2. The fourth-order valence-corrected chi connectivity index (χ4v) is 6.05. The normalized spacial score (nSPS) is 21.8. The number of aromatic amines is 1. The van der Waals surface area contributed by atoms with Crippen LogP contribution in [-0.2, 0) is 4.74 Å². The number of amides is 1. The number of fused-ring (bicyclic) bond motifs is 3. The number of benzene rings is 3. The van der Waals surface area contributed by atoms with Crippen molar-refractivity contribution in [3.8, 4) is 11.3 Å². The quantitative estimate of drug-likeness (QED) is 0.364. The number of hydrogen-bond donors (Lipinski definition) is 2. The Morgan fingerprint density at radius 1 is 1.00 bits per heavy atom.